The molecule has 0 saturated carbocycles. The second-order valence-electron chi connectivity index (χ2n) is 8.51. The van der Waals surface area contributed by atoms with Crippen LogP contribution in [0.25, 0.3) is 0 Å². The maximum Gasteiger partial charge on any atom is 0.497 e. The molecule has 3 amide bonds. The first kappa shape index (κ1) is 24.4. The summed E-state index contributed by atoms with van der Waals surface area (Å²) in [6, 6.07) is 8.49. The normalized spacial score (nSPS) is 21.2. The number of carbonyl (C=O) groups is 3. The van der Waals surface area contributed by atoms with Crippen LogP contribution in [0.4, 0.5) is 23.7 Å². The number of amides is 3. The van der Waals surface area contributed by atoms with Crippen LogP contribution in [0.3, 0.4) is 0 Å². The molecule has 7 nitrogen and oxygen atoms in total. The summed E-state index contributed by atoms with van der Waals surface area (Å²) in [7, 11) is 0. The number of alkyl halides is 3. The number of pyridine rings is 1. The van der Waals surface area contributed by atoms with Crippen LogP contribution in [0.1, 0.15) is 51.2 Å². The Hall–Kier alpha value is -3.27. The van der Waals surface area contributed by atoms with Gasteiger partial charge < -0.3 is 0 Å². The van der Waals surface area contributed by atoms with Gasteiger partial charge in [0.25, 0.3) is 0 Å². The van der Waals surface area contributed by atoms with Crippen molar-refractivity contribution in [2.24, 2.45) is 0 Å². The van der Waals surface area contributed by atoms with Crippen LogP contribution in [0.5, 0.6) is 0 Å². The fourth-order valence-electron chi connectivity index (χ4n) is 3.72. The Labute approximate surface area is 189 Å². The van der Waals surface area contributed by atoms with Gasteiger partial charge in [0.05, 0.1) is 5.69 Å². The minimum atomic E-state index is -5.35. The number of imide groups is 1. The standard InChI is InChI=1S/C23H25F3N3O4/c1-5-15(2)17-6-8-18(9-7-17)28-19(30)22(3,4)29(21(28)32,33-20(31)23(24,25)26)14-16-10-12-27-13-11-16/h6-13,15H,5,14H2,1-4H3/q+1. The van der Waals surface area contributed by atoms with Crippen LogP contribution >= 0.6 is 0 Å². The number of hydroxylamine groups is 3. The molecule has 10 heteroatoms. The molecule has 1 aliphatic rings. The summed E-state index contributed by atoms with van der Waals surface area (Å²) < 4.78 is 38.0. The average molecular weight is 464 g/mol. The molecule has 1 fully saturated rings. The van der Waals surface area contributed by atoms with E-state index in [0.717, 1.165) is 16.9 Å². The van der Waals surface area contributed by atoms with E-state index in [2.05, 4.69) is 4.98 Å². The molecular weight excluding hydrogens is 439 g/mol. The lowest BCUT2D eigenvalue weighted by molar-refractivity contribution is -1.06. The molecule has 0 spiro atoms. The van der Waals surface area contributed by atoms with Gasteiger partial charge in [-0.3, -0.25) is 14.6 Å². The zero-order valence-electron chi connectivity index (χ0n) is 18.7. The molecule has 0 aliphatic carbocycles. The number of nitrogens with zero attached hydrogens (tertiary/aromatic N) is 3. The Balaban J connectivity index is 2.11. The van der Waals surface area contributed by atoms with E-state index >= 15 is 0 Å². The number of benzene rings is 1. The fourth-order valence-corrected chi connectivity index (χ4v) is 3.72. The lowest BCUT2D eigenvalue weighted by Crippen LogP contribution is -2.62. The molecule has 1 aliphatic heterocycles. The average Bonchev–Trinajstić information content (AvgIpc) is 2.91. The second kappa shape index (κ2) is 8.58. The van der Waals surface area contributed by atoms with Crippen molar-refractivity contribution in [2.45, 2.75) is 58.3 Å². The predicted octanol–water partition coefficient (Wildman–Crippen LogP) is 4.88. The molecule has 2 heterocycles. The Morgan fingerprint density at radius 3 is 2.21 bits per heavy atom. The molecule has 2 unspecified atom stereocenters. The smallest absolute Gasteiger partial charge is 0.266 e. The number of rotatable bonds is 6. The SMILES string of the molecule is CCC(C)c1ccc(N2C(=O)C(C)(C)[N+](Cc3ccncc3)(OC(=O)C(F)(F)F)C2=O)cc1. The van der Waals surface area contributed by atoms with E-state index in [0.29, 0.717) is 5.56 Å². The second-order valence-corrected chi connectivity index (χ2v) is 8.51. The first-order valence-corrected chi connectivity index (χ1v) is 10.4. The summed E-state index contributed by atoms with van der Waals surface area (Å²) in [6.45, 7) is 6.13. The van der Waals surface area contributed by atoms with Gasteiger partial charge in [-0.1, -0.05) is 26.0 Å². The number of quaternary nitrogens is 1. The third-order valence-electron chi connectivity index (χ3n) is 6.09. The summed E-state index contributed by atoms with van der Waals surface area (Å²) in [5.41, 5.74) is -0.303. The summed E-state index contributed by atoms with van der Waals surface area (Å²) >= 11 is 0. The quantitative estimate of drug-likeness (QED) is 0.450. The van der Waals surface area contributed by atoms with Gasteiger partial charge in [0.15, 0.2) is 6.54 Å². The van der Waals surface area contributed by atoms with E-state index in [9.17, 15) is 27.6 Å². The predicted molar refractivity (Wildman–Crippen MR) is 112 cm³/mol. The van der Waals surface area contributed by atoms with Crippen LogP contribution in [0.15, 0.2) is 48.8 Å². The van der Waals surface area contributed by atoms with Crippen LogP contribution in [-0.2, 0) is 21.0 Å². The van der Waals surface area contributed by atoms with Gasteiger partial charge in [0.2, 0.25) is 5.54 Å². The number of carbonyl (C=O) groups excluding carboxylic acids is 3. The minimum Gasteiger partial charge on any atom is -0.266 e. The van der Waals surface area contributed by atoms with Crippen LogP contribution in [0, 0.1) is 0 Å². The third-order valence-corrected chi connectivity index (χ3v) is 6.09. The summed E-state index contributed by atoms with van der Waals surface area (Å²) in [4.78, 5) is 48.3. The van der Waals surface area contributed by atoms with Gasteiger partial charge >= 0.3 is 24.1 Å². The van der Waals surface area contributed by atoms with Gasteiger partial charge in [-0.25, -0.2) is 9.59 Å². The molecule has 0 radical (unpaired) electrons. The van der Waals surface area contributed by atoms with Crippen molar-refractivity contribution < 1.29 is 37.0 Å². The summed E-state index contributed by atoms with van der Waals surface area (Å²) in [6.07, 6.45) is -1.70. The van der Waals surface area contributed by atoms with Gasteiger partial charge in [-0.15, -0.1) is 0 Å². The number of hydrogen-bond donors (Lipinski definition) is 0. The molecule has 1 saturated heterocycles. The molecule has 0 N–H and O–H groups in total. The highest BCUT2D eigenvalue weighted by Gasteiger charge is 2.71. The molecule has 0 bridgehead atoms. The van der Waals surface area contributed by atoms with Crippen molar-refractivity contribution >= 4 is 23.6 Å². The van der Waals surface area contributed by atoms with Crippen molar-refractivity contribution in [3.63, 3.8) is 0 Å². The number of aromatic nitrogens is 1. The third kappa shape index (κ3) is 4.22. The van der Waals surface area contributed by atoms with Gasteiger partial charge in [0, 0.05) is 31.8 Å². The highest BCUT2D eigenvalue weighted by atomic mass is 19.4. The largest absolute Gasteiger partial charge is 0.497 e. The monoisotopic (exact) mass is 464 g/mol. The molecule has 2 atom stereocenters. The van der Waals surface area contributed by atoms with Gasteiger partial charge in [-0.05, 0) is 46.8 Å². The van der Waals surface area contributed by atoms with Crippen molar-refractivity contribution in [3.05, 3.63) is 59.9 Å². The van der Waals surface area contributed by atoms with E-state index in [1.54, 1.807) is 24.3 Å². The maximum absolute atomic E-state index is 13.6. The van der Waals surface area contributed by atoms with Crippen molar-refractivity contribution in [1.29, 1.82) is 0 Å². The molecule has 1 aromatic heterocycles. The van der Waals surface area contributed by atoms with Crippen molar-refractivity contribution in [2.75, 3.05) is 4.90 Å². The summed E-state index contributed by atoms with van der Waals surface area (Å²) in [5.74, 6) is -3.10. The Morgan fingerprint density at radius 1 is 1.12 bits per heavy atom. The van der Waals surface area contributed by atoms with Crippen molar-refractivity contribution in [1.82, 2.24) is 4.98 Å². The van der Waals surface area contributed by atoms with E-state index in [4.69, 9.17) is 4.84 Å². The fraction of sp³-hybridized carbons (Fsp3) is 0.391. The van der Waals surface area contributed by atoms with Crippen LogP contribution in [-0.4, -0.2) is 39.3 Å². The molecule has 2 aromatic rings. The topological polar surface area (TPSA) is 76.6 Å². The zero-order valence-corrected chi connectivity index (χ0v) is 18.7. The zero-order chi connectivity index (χ0) is 24.6. The first-order valence-electron chi connectivity index (χ1n) is 10.4. The van der Waals surface area contributed by atoms with E-state index in [-0.39, 0.29) is 11.6 Å². The number of halogens is 3. The molecule has 33 heavy (non-hydrogen) atoms. The van der Waals surface area contributed by atoms with Gasteiger partial charge in [0.1, 0.15) is 0 Å². The Morgan fingerprint density at radius 2 is 1.70 bits per heavy atom. The molecule has 1 aromatic carbocycles. The highest BCUT2D eigenvalue weighted by Crippen LogP contribution is 2.42. The van der Waals surface area contributed by atoms with E-state index in [1.807, 2.05) is 13.8 Å². The number of anilines is 1. The van der Waals surface area contributed by atoms with Crippen LogP contribution in [0.2, 0.25) is 0 Å². The van der Waals surface area contributed by atoms with Crippen LogP contribution < -0.4 is 4.90 Å². The molecule has 176 valence electrons. The summed E-state index contributed by atoms with van der Waals surface area (Å²) in [5, 5.41) is 0. The minimum absolute atomic E-state index is 0.183. The van der Waals surface area contributed by atoms with E-state index < -0.39 is 40.8 Å². The molecule has 3 rings (SSSR count). The van der Waals surface area contributed by atoms with Gasteiger partial charge in [-0.2, -0.15) is 18.1 Å². The van der Waals surface area contributed by atoms with E-state index in [1.165, 1.54) is 38.4 Å². The first-order chi connectivity index (χ1) is 15.3. The number of hydrogen-bond acceptors (Lipinski definition) is 5. The molecular formula is C23H25F3N3O4+. The maximum atomic E-state index is 13.6. The highest BCUT2D eigenvalue weighted by molar-refractivity contribution is 6.19. The Bertz CT molecular complexity index is 1050. The Kier molecular flexibility index (Phi) is 6.34. The van der Waals surface area contributed by atoms with Crippen molar-refractivity contribution in [3.8, 4) is 0 Å². The lowest BCUT2D eigenvalue weighted by Gasteiger charge is -2.35. The number of urea groups is 1. The lowest BCUT2D eigenvalue weighted by atomic mass is 9.98.